The molecule has 0 aliphatic heterocycles. The molecule has 1 aromatic rings. The van der Waals surface area contributed by atoms with Crippen molar-refractivity contribution >= 4 is 29.3 Å². The molecule has 1 aromatic carbocycles. The summed E-state index contributed by atoms with van der Waals surface area (Å²) in [6.07, 6.45) is 5.45. The number of benzene rings is 1. The first-order chi connectivity index (χ1) is 12.8. The van der Waals surface area contributed by atoms with Crippen LogP contribution >= 0.6 is 11.8 Å². The number of quaternary nitrogens is 1. The topological polar surface area (TPSA) is 62.6 Å². The number of likely N-dealkylation sites (N-methyl/N-ethyl adjacent to an activating group) is 1. The summed E-state index contributed by atoms with van der Waals surface area (Å²) >= 11 is 1.60. The van der Waals surface area contributed by atoms with Crippen LogP contribution in [-0.2, 0) is 9.59 Å². The van der Waals surface area contributed by atoms with E-state index >= 15 is 0 Å². The molecular formula is C21H34N3O2S+. The fourth-order valence-corrected chi connectivity index (χ4v) is 4.22. The molecule has 27 heavy (non-hydrogen) atoms. The molecule has 1 aliphatic carbocycles. The molecule has 2 rings (SSSR count). The highest BCUT2D eigenvalue weighted by molar-refractivity contribution is 7.98. The Morgan fingerprint density at radius 1 is 1.26 bits per heavy atom. The zero-order valence-corrected chi connectivity index (χ0v) is 18.0. The Morgan fingerprint density at radius 3 is 2.67 bits per heavy atom. The molecule has 0 heterocycles. The summed E-state index contributed by atoms with van der Waals surface area (Å²) in [6.45, 7) is 6.64. The highest BCUT2D eigenvalue weighted by atomic mass is 32.2. The third kappa shape index (κ3) is 5.98. The molecule has 0 spiro atoms. The van der Waals surface area contributed by atoms with Gasteiger partial charge >= 0.3 is 0 Å². The number of rotatable bonds is 7. The highest BCUT2D eigenvalue weighted by Crippen LogP contribution is 2.29. The van der Waals surface area contributed by atoms with Crippen molar-refractivity contribution in [2.45, 2.75) is 57.0 Å². The van der Waals surface area contributed by atoms with Crippen molar-refractivity contribution in [3.63, 3.8) is 0 Å². The lowest BCUT2D eigenvalue weighted by Gasteiger charge is -2.35. The predicted octanol–water partition coefficient (Wildman–Crippen LogP) is 2.19. The van der Waals surface area contributed by atoms with Gasteiger partial charge in [-0.05, 0) is 43.6 Å². The molecule has 0 radical (unpaired) electrons. The molecule has 1 aliphatic rings. The number of amides is 2. The average molecular weight is 393 g/mol. The van der Waals surface area contributed by atoms with E-state index in [1.165, 1.54) is 12.8 Å². The molecule has 1 saturated carbocycles. The van der Waals surface area contributed by atoms with Gasteiger partial charge in [0.2, 0.25) is 0 Å². The van der Waals surface area contributed by atoms with Crippen LogP contribution in [0.15, 0.2) is 29.2 Å². The molecule has 150 valence electrons. The van der Waals surface area contributed by atoms with Gasteiger partial charge in [0.15, 0.2) is 12.6 Å². The minimum absolute atomic E-state index is 0.0377. The molecular weight excluding hydrogens is 358 g/mol. The van der Waals surface area contributed by atoms with Crippen molar-refractivity contribution in [3.8, 4) is 0 Å². The van der Waals surface area contributed by atoms with Crippen molar-refractivity contribution in [2.75, 3.05) is 25.2 Å². The van der Waals surface area contributed by atoms with E-state index in [9.17, 15) is 9.59 Å². The van der Waals surface area contributed by atoms with Crippen LogP contribution < -0.4 is 15.5 Å². The minimum Gasteiger partial charge on any atom is -0.348 e. The summed E-state index contributed by atoms with van der Waals surface area (Å²) in [4.78, 5) is 27.0. The summed E-state index contributed by atoms with van der Waals surface area (Å²) < 4.78 is 0. The van der Waals surface area contributed by atoms with Crippen molar-refractivity contribution in [3.05, 3.63) is 24.3 Å². The fourth-order valence-electron chi connectivity index (χ4n) is 3.67. The SMILES string of the molecule is CSc1ccccc1NC(=O)C[NH+](C)[C@H](C)C(=O)N[C@H]1CCC[C@@H](C)[C@H]1C. The monoisotopic (exact) mass is 392 g/mol. The number of thioether (sulfide) groups is 1. The number of hydrogen-bond acceptors (Lipinski definition) is 3. The van der Waals surface area contributed by atoms with Crippen LogP contribution in [0.2, 0.25) is 0 Å². The van der Waals surface area contributed by atoms with Gasteiger partial charge in [-0.25, -0.2) is 0 Å². The lowest BCUT2D eigenvalue weighted by Crippen LogP contribution is -3.15. The largest absolute Gasteiger partial charge is 0.348 e. The van der Waals surface area contributed by atoms with Crippen molar-refractivity contribution in [1.82, 2.24) is 5.32 Å². The molecule has 0 bridgehead atoms. The van der Waals surface area contributed by atoms with E-state index in [0.29, 0.717) is 11.8 Å². The van der Waals surface area contributed by atoms with Crippen LogP contribution in [0.25, 0.3) is 0 Å². The first-order valence-electron chi connectivity index (χ1n) is 9.89. The molecule has 6 heteroatoms. The van der Waals surface area contributed by atoms with Crippen LogP contribution in [0.5, 0.6) is 0 Å². The van der Waals surface area contributed by atoms with Crippen LogP contribution in [0.3, 0.4) is 0 Å². The first kappa shape index (κ1) is 21.8. The molecule has 1 fully saturated rings. The van der Waals surface area contributed by atoms with Crippen LogP contribution in [0, 0.1) is 11.8 Å². The van der Waals surface area contributed by atoms with Gasteiger partial charge in [-0.1, -0.05) is 38.8 Å². The zero-order valence-electron chi connectivity index (χ0n) is 17.2. The van der Waals surface area contributed by atoms with E-state index in [1.807, 2.05) is 44.5 Å². The van der Waals surface area contributed by atoms with Gasteiger partial charge in [0.1, 0.15) is 0 Å². The van der Waals surface area contributed by atoms with Crippen molar-refractivity contribution in [1.29, 1.82) is 0 Å². The van der Waals surface area contributed by atoms with Gasteiger partial charge in [0, 0.05) is 10.9 Å². The second kappa shape index (κ2) is 10.1. The van der Waals surface area contributed by atoms with E-state index in [4.69, 9.17) is 0 Å². The molecule has 0 aromatic heterocycles. The van der Waals surface area contributed by atoms with E-state index in [1.54, 1.807) is 11.8 Å². The summed E-state index contributed by atoms with van der Waals surface area (Å²) in [5.74, 6) is 1.11. The van der Waals surface area contributed by atoms with Gasteiger partial charge in [0.25, 0.3) is 11.8 Å². The van der Waals surface area contributed by atoms with Crippen LogP contribution in [-0.4, -0.2) is 43.7 Å². The number of hydrogen-bond donors (Lipinski definition) is 3. The highest BCUT2D eigenvalue weighted by Gasteiger charge is 2.31. The van der Waals surface area contributed by atoms with Crippen molar-refractivity contribution < 1.29 is 14.5 Å². The molecule has 1 unspecified atom stereocenters. The maximum Gasteiger partial charge on any atom is 0.279 e. The Bertz CT molecular complexity index is 652. The van der Waals surface area contributed by atoms with Gasteiger partial charge in [-0.3, -0.25) is 9.59 Å². The first-order valence-corrected chi connectivity index (χ1v) is 11.1. The smallest absolute Gasteiger partial charge is 0.279 e. The van der Waals surface area contributed by atoms with Crippen LogP contribution in [0.4, 0.5) is 5.69 Å². The Hall–Kier alpha value is -1.53. The van der Waals surface area contributed by atoms with Gasteiger partial charge in [-0.15, -0.1) is 11.8 Å². The average Bonchev–Trinajstić information content (AvgIpc) is 2.65. The Labute approximate surface area is 167 Å². The van der Waals surface area contributed by atoms with Gasteiger partial charge in [-0.2, -0.15) is 0 Å². The summed E-state index contributed by atoms with van der Waals surface area (Å²) in [5, 5.41) is 6.19. The number of carbonyl (C=O) groups excluding carboxylic acids is 2. The zero-order chi connectivity index (χ0) is 20.0. The number of para-hydroxylation sites is 1. The second-order valence-corrected chi connectivity index (χ2v) is 8.72. The third-order valence-electron chi connectivity index (χ3n) is 5.99. The van der Waals surface area contributed by atoms with E-state index in [0.717, 1.165) is 21.9 Å². The summed E-state index contributed by atoms with van der Waals surface area (Å²) in [7, 11) is 1.90. The fraction of sp³-hybridized carbons (Fsp3) is 0.619. The minimum atomic E-state index is -0.268. The lowest BCUT2D eigenvalue weighted by atomic mass is 9.78. The van der Waals surface area contributed by atoms with E-state index in [2.05, 4.69) is 24.5 Å². The summed E-state index contributed by atoms with van der Waals surface area (Å²) in [5.41, 5.74) is 0.824. The Morgan fingerprint density at radius 2 is 1.96 bits per heavy atom. The predicted molar refractivity (Wildman–Crippen MR) is 112 cm³/mol. The number of nitrogens with one attached hydrogen (secondary N) is 3. The normalized spacial score (nSPS) is 24.7. The molecule has 3 N–H and O–H groups in total. The number of anilines is 1. The Balaban J connectivity index is 1.87. The summed E-state index contributed by atoms with van der Waals surface area (Å²) in [6, 6.07) is 7.74. The molecule has 5 atom stereocenters. The second-order valence-electron chi connectivity index (χ2n) is 7.88. The molecule has 2 amide bonds. The van der Waals surface area contributed by atoms with Crippen molar-refractivity contribution in [2.24, 2.45) is 11.8 Å². The lowest BCUT2D eigenvalue weighted by molar-refractivity contribution is -0.885. The molecule has 0 saturated heterocycles. The van der Waals surface area contributed by atoms with Crippen LogP contribution in [0.1, 0.15) is 40.0 Å². The maximum absolute atomic E-state index is 12.7. The standard InChI is InChI=1S/C21H33N3O2S/c1-14-9-8-11-17(15(14)2)23-21(26)16(3)24(4)13-20(25)22-18-10-6-7-12-19(18)27-5/h6-7,10,12,14-17H,8-9,11,13H2,1-5H3,(H,22,25)(H,23,26)/p+1/t14-,15-,16-,17+/m1/s1. The Kier molecular flexibility index (Phi) is 8.17. The van der Waals surface area contributed by atoms with Gasteiger partial charge in [0.05, 0.1) is 12.7 Å². The third-order valence-corrected chi connectivity index (χ3v) is 6.78. The number of carbonyl (C=O) groups is 2. The molecule has 5 nitrogen and oxygen atoms in total. The van der Waals surface area contributed by atoms with E-state index < -0.39 is 0 Å². The van der Waals surface area contributed by atoms with Gasteiger partial charge < -0.3 is 15.5 Å². The quantitative estimate of drug-likeness (QED) is 0.624. The van der Waals surface area contributed by atoms with E-state index in [-0.39, 0.29) is 30.4 Å². The maximum atomic E-state index is 12.7.